The summed E-state index contributed by atoms with van der Waals surface area (Å²) in [6, 6.07) is 7.13. The van der Waals surface area contributed by atoms with Gasteiger partial charge in [-0.1, -0.05) is 0 Å². The molecule has 5 rings (SSSR count). The molecule has 1 aromatic carbocycles. The van der Waals surface area contributed by atoms with Gasteiger partial charge >= 0.3 is 12.1 Å². The molecule has 0 aliphatic carbocycles. The van der Waals surface area contributed by atoms with Gasteiger partial charge in [0, 0.05) is 37.9 Å². The predicted molar refractivity (Wildman–Crippen MR) is 127 cm³/mol. The number of nitrogens with zero attached hydrogens (tertiary/aromatic N) is 6. The molecule has 0 radical (unpaired) electrons. The molecule has 1 aliphatic heterocycles. The van der Waals surface area contributed by atoms with Crippen molar-refractivity contribution in [3.63, 3.8) is 0 Å². The van der Waals surface area contributed by atoms with Gasteiger partial charge in [-0.2, -0.15) is 13.2 Å². The van der Waals surface area contributed by atoms with Crippen LogP contribution in [0.3, 0.4) is 0 Å². The Morgan fingerprint density at radius 2 is 1.75 bits per heavy atom. The first kappa shape index (κ1) is 23.5. The van der Waals surface area contributed by atoms with Gasteiger partial charge in [0.1, 0.15) is 17.5 Å². The van der Waals surface area contributed by atoms with Crippen molar-refractivity contribution < 1.29 is 22.7 Å². The minimum Gasteiger partial charge on any atom is -0.461 e. The first-order valence-corrected chi connectivity index (χ1v) is 11.3. The highest BCUT2D eigenvalue weighted by atomic mass is 19.4. The Kier molecular flexibility index (Phi) is 6.17. The number of fused-ring (bicyclic) bond motifs is 1. The van der Waals surface area contributed by atoms with Gasteiger partial charge in [-0.05, 0) is 37.3 Å². The lowest BCUT2D eigenvalue weighted by molar-refractivity contribution is -0.137. The molecule has 4 heterocycles. The molecule has 0 amide bonds. The Bertz CT molecular complexity index is 1380. The number of halogens is 3. The molecule has 0 atom stereocenters. The van der Waals surface area contributed by atoms with E-state index in [0.29, 0.717) is 54.4 Å². The van der Waals surface area contributed by atoms with Crippen LogP contribution in [0.4, 0.5) is 24.8 Å². The fourth-order valence-corrected chi connectivity index (χ4v) is 4.01. The maximum Gasteiger partial charge on any atom is 0.416 e. The molecule has 0 unspecified atom stereocenters. The number of aromatic amines is 1. The van der Waals surface area contributed by atoms with E-state index in [2.05, 4.69) is 29.8 Å². The number of aromatic nitrogens is 5. The van der Waals surface area contributed by atoms with E-state index in [9.17, 15) is 18.0 Å². The number of piperazine rings is 1. The van der Waals surface area contributed by atoms with Crippen molar-refractivity contribution in [3.8, 4) is 11.4 Å². The van der Waals surface area contributed by atoms with Crippen LogP contribution in [0.2, 0.25) is 0 Å². The van der Waals surface area contributed by atoms with E-state index in [-0.39, 0.29) is 12.3 Å². The van der Waals surface area contributed by atoms with E-state index in [0.717, 1.165) is 18.0 Å². The number of pyridine rings is 1. The van der Waals surface area contributed by atoms with Crippen molar-refractivity contribution in [2.75, 3.05) is 42.6 Å². The number of benzene rings is 1. The molecular weight excluding hydrogens is 475 g/mol. The monoisotopic (exact) mass is 497 g/mol. The minimum atomic E-state index is -4.41. The summed E-state index contributed by atoms with van der Waals surface area (Å²) in [5, 5.41) is 0. The van der Waals surface area contributed by atoms with Gasteiger partial charge in [0.15, 0.2) is 5.69 Å². The third kappa shape index (κ3) is 4.79. The Morgan fingerprint density at radius 3 is 2.42 bits per heavy atom. The highest BCUT2D eigenvalue weighted by Gasteiger charge is 2.30. The normalized spacial score (nSPS) is 14.3. The van der Waals surface area contributed by atoms with Gasteiger partial charge in [-0.3, -0.25) is 4.98 Å². The summed E-state index contributed by atoms with van der Waals surface area (Å²) in [4.78, 5) is 36.5. The summed E-state index contributed by atoms with van der Waals surface area (Å²) < 4.78 is 44.0. The summed E-state index contributed by atoms with van der Waals surface area (Å²) in [5.74, 6) is 1.34. The second-order valence-corrected chi connectivity index (χ2v) is 8.18. The second kappa shape index (κ2) is 9.44. The number of rotatable bonds is 5. The van der Waals surface area contributed by atoms with Gasteiger partial charge in [-0.25, -0.2) is 19.7 Å². The largest absolute Gasteiger partial charge is 0.461 e. The molecule has 186 valence electrons. The Balaban J connectivity index is 1.25. The number of hydrogen-bond donors (Lipinski definition) is 1. The van der Waals surface area contributed by atoms with Gasteiger partial charge < -0.3 is 19.5 Å². The van der Waals surface area contributed by atoms with E-state index < -0.39 is 17.7 Å². The number of alkyl halides is 3. The minimum absolute atomic E-state index is 0.175. The standard InChI is InChI=1S/C24H22F3N7O2/c1-2-36-23(35)19-13-28-14-21(30-19)34-9-7-33(8-10-34)20-6-3-15(12-29-20)22-31-17-5-4-16(24(25,26)27)11-18(17)32-22/h3-6,11-14H,2,7-10H2,1H3,(H,31,32). The molecule has 1 N–H and O–H groups in total. The summed E-state index contributed by atoms with van der Waals surface area (Å²) in [6.45, 7) is 4.69. The fraction of sp³-hybridized carbons (Fsp3) is 0.292. The molecule has 0 saturated carbocycles. The van der Waals surface area contributed by atoms with Crippen LogP contribution in [-0.2, 0) is 10.9 Å². The number of esters is 1. The molecule has 0 spiro atoms. The fourth-order valence-electron chi connectivity index (χ4n) is 4.01. The van der Waals surface area contributed by atoms with Gasteiger partial charge in [0.2, 0.25) is 0 Å². The smallest absolute Gasteiger partial charge is 0.416 e. The Hall–Kier alpha value is -4.22. The van der Waals surface area contributed by atoms with Crippen LogP contribution < -0.4 is 9.80 Å². The topological polar surface area (TPSA) is 100 Å². The maximum atomic E-state index is 13.0. The zero-order valence-corrected chi connectivity index (χ0v) is 19.3. The summed E-state index contributed by atoms with van der Waals surface area (Å²) in [5.41, 5.74) is 0.891. The van der Waals surface area contributed by atoms with E-state index in [4.69, 9.17) is 4.74 Å². The number of H-pyrrole nitrogens is 1. The van der Waals surface area contributed by atoms with E-state index in [1.807, 2.05) is 17.0 Å². The number of imidazole rings is 1. The number of carbonyl (C=O) groups excluding carboxylic acids is 1. The van der Waals surface area contributed by atoms with Crippen LogP contribution in [0.5, 0.6) is 0 Å². The molecule has 1 saturated heterocycles. The first-order valence-electron chi connectivity index (χ1n) is 11.3. The third-order valence-corrected chi connectivity index (χ3v) is 5.86. The number of carbonyl (C=O) groups is 1. The average molecular weight is 497 g/mol. The molecule has 4 aromatic rings. The number of nitrogens with one attached hydrogen (secondary N) is 1. The molecule has 9 nitrogen and oxygen atoms in total. The number of anilines is 2. The molecule has 36 heavy (non-hydrogen) atoms. The van der Waals surface area contributed by atoms with E-state index >= 15 is 0 Å². The van der Waals surface area contributed by atoms with Crippen LogP contribution in [0, 0.1) is 0 Å². The van der Waals surface area contributed by atoms with Crippen LogP contribution >= 0.6 is 0 Å². The quantitative estimate of drug-likeness (QED) is 0.414. The highest BCUT2D eigenvalue weighted by Crippen LogP contribution is 2.32. The van der Waals surface area contributed by atoms with Crippen molar-refractivity contribution in [2.45, 2.75) is 13.1 Å². The highest BCUT2D eigenvalue weighted by molar-refractivity contribution is 5.87. The van der Waals surface area contributed by atoms with Crippen molar-refractivity contribution in [3.05, 3.63) is 60.2 Å². The summed E-state index contributed by atoms with van der Waals surface area (Å²) in [6.07, 6.45) is 0.248. The molecule has 12 heteroatoms. The van der Waals surface area contributed by atoms with Gasteiger partial charge in [0.25, 0.3) is 0 Å². The van der Waals surface area contributed by atoms with Crippen molar-refractivity contribution in [1.29, 1.82) is 0 Å². The van der Waals surface area contributed by atoms with Crippen molar-refractivity contribution in [1.82, 2.24) is 24.9 Å². The average Bonchev–Trinajstić information content (AvgIpc) is 3.32. The maximum absolute atomic E-state index is 13.0. The zero-order chi connectivity index (χ0) is 25.3. The van der Waals surface area contributed by atoms with Gasteiger partial charge in [0.05, 0.1) is 35.6 Å². The number of ether oxygens (including phenoxy) is 1. The predicted octanol–water partition coefficient (Wildman–Crippen LogP) is 3.94. The zero-order valence-electron chi connectivity index (χ0n) is 19.3. The SMILES string of the molecule is CCOC(=O)c1cncc(N2CCN(c3ccc(-c4nc5ccc(C(F)(F)F)cc5[nH]4)cn3)CC2)n1. The number of hydrogen-bond acceptors (Lipinski definition) is 8. The van der Waals surface area contributed by atoms with Gasteiger partial charge in [-0.15, -0.1) is 0 Å². The van der Waals surface area contributed by atoms with Crippen LogP contribution in [0.15, 0.2) is 48.9 Å². The van der Waals surface area contributed by atoms with E-state index in [1.165, 1.54) is 12.3 Å². The summed E-state index contributed by atoms with van der Waals surface area (Å²) >= 11 is 0. The molecule has 1 fully saturated rings. The lowest BCUT2D eigenvalue weighted by Crippen LogP contribution is -2.47. The van der Waals surface area contributed by atoms with Crippen LogP contribution in [-0.4, -0.2) is 63.7 Å². The molecule has 1 aliphatic rings. The second-order valence-electron chi connectivity index (χ2n) is 8.18. The third-order valence-electron chi connectivity index (χ3n) is 5.86. The molecule has 3 aromatic heterocycles. The first-order chi connectivity index (χ1) is 17.3. The van der Waals surface area contributed by atoms with Crippen molar-refractivity contribution >= 4 is 28.6 Å². The lowest BCUT2D eigenvalue weighted by Gasteiger charge is -2.36. The van der Waals surface area contributed by atoms with Crippen LogP contribution in [0.1, 0.15) is 23.0 Å². The lowest BCUT2D eigenvalue weighted by atomic mass is 10.2. The van der Waals surface area contributed by atoms with Crippen LogP contribution in [0.25, 0.3) is 22.4 Å². The Labute approximate surface area is 204 Å². The van der Waals surface area contributed by atoms with Crippen molar-refractivity contribution in [2.24, 2.45) is 0 Å². The molecule has 0 bridgehead atoms. The Morgan fingerprint density at radius 1 is 1.00 bits per heavy atom. The molecular formula is C24H22F3N7O2. The van der Waals surface area contributed by atoms with E-state index in [1.54, 1.807) is 19.3 Å². The summed E-state index contributed by atoms with van der Waals surface area (Å²) in [7, 11) is 0.